The lowest BCUT2D eigenvalue weighted by Crippen LogP contribution is -2.15. The third-order valence-electron chi connectivity index (χ3n) is 2.81. The summed E-state index contributed by atoms with van der Waals surface area (Å²) in [5.41, 5.74) is 7.89. The highest BCUT2D eigenvalue weighted by Crippen LogP contribution is 2.24. The normalized spacial score (nSPS) is 10.7. The van der Waals surface area contributed by atoms with Crippen LogP contribution in [0.15, 0.2) is 73.8 Å². The van der Waals surface area contributed by atoms with Crippen molar-refractivity contribution in [3.8, 4) is 0 Å². The third-order valence-corrected chi connectivity index (χ3v) is 2.81. The molecule has 0 unspecified atom stereocenters. The number of hydrogen-bond acceptors (Lipinski definition) is 2. The van der Waals surface area contributed by atoms with E-state index in [9.17, 15) is 4.79 Å². The van der Waals surface area contributed by atoms with Gasteiger partial charge in [0.15, 0.2) is 0 Å². The molecule has 0 aliphatic carbocycles. The highest BCUT2D eigenvalue weighted by molar-refractivity contribution is 6.35. The van der Waals surface area contributed by atoms with Crippen LogP contribution in [-0.2, 0) is 4.79 Å². The molecule has 0 saturated carbocycles. The van der Waals surface area contributed by atoms with Crippen molar-refractivity contribution in [2.24, 2.45) is 5.73 Å². The van der Waals surface area contributed by atoms with Gasteiger partial charge in [0.2, 0.25) is 5.91 Å². The van der Waals surface area contributed by atoms with Gasteiger partial charge in [0.25, 0.3) is 0 Å². The number of amides is 1. The number of allylic oxidation sites excluding steroid dienone is 1. The monoisotopic (exact) mass is 278 g/mol. The van der Waals surface area contributed by atoms with Crippen LogP contribution in [0.5, 0.6) is 0 Å². The molecule has 0 fully saturated rings. The molecule has 1 amide bonds. The summed E-state index contributed by atoms with van der Waals surface area (Å²) in [6.45, 7) is 6.00. The van der Waals surface area contributed by atoms with Crippen molar-refractivity contribution < 1.29 is 4.79 Å². The first-order valence-electron chi connectivity index (χ1n) is 6.39. The highest BCUT2D eigenvalue weighted by Gasteiger charge is 2.14. The van der Waals surface area contributed by atoms with E-state index in [0.717, 1.165) is 11.1 Å². The molecule has 0 aliphatic rings. The molecule has 3 nitrogen and oxygen atoms in total. The Morgan fingerprint density at radius 1 is 0.905 bits per heavy atom. The van der Waals surface area contributed by atoms with Gasteiger partial charge < -0.3 is 11.1 Å². The van der Waals surface area contributed by atoms with Crippen molar-refractivity contribution in [1.29, 1.82) is 5.41 Å². The minimum atomic E-state index is -0.534. The number of nitrogens with two attached hydrogens (primary N) is 1. The third kappa shape index (κ3) is 4.01. The van der Waals surface area contributed by atoms with Crippen molar-refractivity contribution in [1.82, 2.24) is 0 Å². The lowest BCUT2D eigenvalue weighted by Gasteiger charge is -2.09. The zero-order chi connectivity index (χ0) is 15.7. The van der Waals surface area contributed by atoms with Crippen molar-refractivity contribution in [3.05, 3.63) is 84.9 Å². The smallest absolute Gasteiger partial charge is 0.249 e. The summed E-state index contributed by atoms with van der Waals surface area (Å²) in [4.78, 5) is 11.7. The summed E-state index contributed by atoms with van der Waals surface area (Å²) < 4.78 is 0. The molecule has 2 rings (SSSR count). The summed E-state index contributed by atoms with van der Waals surface area (Å²) in [5.74, 6) is -0.534. The van der Waals surface area contributed by atoms with Crippen LogP contribution in [0.4, 0.5) is 0 Å². The second-order valence-electron chi connectivity index (χ2n) is 4.03. The Morgan fingerprint density at radius 3 is 1.71 bits per heavy atom. The summed E-state index contributed by atoms with van der Waals surface area (Å²) in [6, 6.07) is 18.5. The molecule has 0 aromatic heterocycles. The SMILES string of the molecule is C=C.N=C/C(=C(\C(N)=O)c1ccccc1)c1ccccc1. The van der Waals surface area contributed by atoms with E-state index in [0.29, 0.717) is 11.1 Å². The van der Waals surface area contributed by atoms with Crippen LogP contribution in [0.25, 0.3) is 11.1 Å². The summed E-state index contributed by atoms with van der Waals surface area (Å²) >= 11 is 0. The van der Waals surface area contributed by atoms with Gasteiger partial charge in [-0.05, 0) is 11.1 Å². The molecule has 2 aromatic carbocycles. The number of carbonyl (C=O) groups is 1. The molecule has 106 valence electrons. The zero-order valence-electron chi connectivity index (χ0n) is 11.8. The van der Waals surface area contributed by atoms with Crippen LogP contribution in [0.3, 0.4) is 0 Å². The average molecular weight is 278 g/mol. The van der Waals surface area contributed by atoms with Crippen LogP contribution in [0, 0.1) is 5.41 Å². The van der Waals surface area contributed by atoms with Gasteiger partial charge in [-0.15, -0.1) is 13.2 Å². The van der Waals surface area contributed by atoms with Gasteiger partial charge >= 0.3 is 0 Å². The molecule has 0 radical (unpaired) electrons. The molecule has 0 saturated heterocycles. The van der Waals surface area contributed by atoms with E-state index < -0.39 is 5.91 Å². The quantitative estimate of drug-likeness (QED) is 0.382. The first-order chi connectivity index (χ1) is 10.2. The maximum absolute atomic E-state index is 11.7. The second kappa shape index (κ2) is 8.27. The lowest BCUT2D eigenvalue weighted by atomic mass is 9.95. The Balaban J connectivity index is 0.00000106. The van der Waals surface area contributed by atoms with Crippen molar-refractivity contribution in [2.75, 3.05) is 0 Å². The number of rotatable bonds is 4. The number of primary amides is 1. The molecule has 0 aliphatic heterocycles. The molecule has 3 heteroatoms. The molecule has 0 atom stereocenters. The van der Waals surface area contributed by atoms with Crippen molar-refractivity contribution >= 4 is 23.3 Å². The predicted octanol–water partition coefficient (Wildman–Crippen LogP) is 3.53. The topological polar surface area (TPSA) is 66.9 Å². The first kappa shape index (κ1) is 16.1. The number of benzene rings is 2. The first-order valence-corrected chi connectivity index (χ1v) is 6.39. The molecule has 3 N–H and O–H groups in total. The lowest BCUT2D eigenvalue weighted by molar-refractivity contribution is -0.112. The van der Waals surface area contributed by atoms with Gasteiger partial charge in [-0.1, -0.05) is 60.7 Å². The van der Waals surface area contributed by atoms with Gasteiger partial charge in [0.05, 0.1) is 5.57 Å². The number of carbonyl (C=O) groups excluding carboxylic acids is 1. The molecule has 0 bridgehead atoms. The molecule has 0 spiro atoms. The van der Waals surface area contributed by atoms with Gasteiger partial charge in [0.1, 0.15) is 0 Å². The molecule has 2 aromatic rings. The maximum Gasteiger partial charge on any atom is 0.249 e. The van der Waals surface area contributed by atoms with Gasteiger partial charge in [-0.2, -0.15) is 0 Å². The summed E-state index contributed by atoms with van der Waals surface area (Å²) in [6.07, 6.45) is 1.17. The molecule has 0 heterocycles. The van der Waals surface area contributed by atoms with Gasteiger partial charge in [0, 0.05) is 11.8 Å². The Kier molecular flexibility index (Phi) is 6.35. The van der Waals surface area contributed by atoms with E-state index in [1.54, 1.807) is 0 Å². The van der Waals surface area contributed by atoms with Crippen LogP contribution < -0.4 is 5.73 Å². The average Bonchev–Trinajstić information content (AvgIpc) is 2.55. The fraction of sp³-hybridized carbons (Fsp3) is 0. The molecular weight excluding hydrogens is 260 g/mol. The molecular formula is C18H18N2O. The predicted molar refractivity (Wildman–Crippen MR) is 88.9 cm³/mol. The van der Waals surface area contributed by atoms with Crippen molar-refractivity contribution in [3.63, 3.8) is 0 Å². The fourth-order valence-electron chi connectivity index (χ4n) is 1.95. The second-order valence-corrected chi connectivity index (χ2v) is 4.03. The van der Waals surface area contributed by atoms with Crippen LogP contribution in [0.1, 0.15) is 11.1 Å². The largest absolute Gasteiger partial charge is 0.366 e. The van der Waals surface area contributed by atoms with Gasteiger partial charge in [-0.25, -0.2) is 0 Å². The van der Waals surface area contributed by atoms with E-state index in [1.807, 2.05) is 60.7 Å². The minimum Gasteiger partial charge on any atom is -0.366 e. The van der Waals surface area contributed by atoms with E-state index in [-0.39, 0.29) is 0 Å². The minimum absolute atomic E-state index is 0.363. The standard InChI is InChI=1S/C16H14N2O.C2H4/c17-11-14(12-7-3-1-4-8-12)15(16(18)19)13-9-5-2-6-10-13;1-2/h1-11,17H,(H2,18,19);1-2H2/b15-14+,17-11?;. The Hall–Kier alpha value is -2.94. The number of nitrogens with one attached hydrogen (secondary N) is 1. The van der Waals surface area contributed by atoms with Crippen LogP contribution in [-0.4, -0.2) is 12.1 Å². The van der Waals surface area contributed by atoms with E-state index in [4.69, 9.17) is 11.1 Å². The van der Waals surface area contributed by atoms with Crippen molar-refractivity contribution in [2.45, 2.75) is 0 Å². The highest BCUT2D eigenvalue weighted by atomic mass is 16.1. The Bertz CT molecular complexity index is 631. The van der Waals surface area contributed by atoms with Crippen LogP contribution in [0.2, 0.25) is 0 Å². The molecule has 21 heavy (non-hydrogen) atoms. The Morgan fingerprint density at radius 2 is 1.33 bits per heavy atom. The maximum atomic E-state index is 11.7. The fourth-order valence-corrected chi connectivity index (χ4v) is 1.95. The summed E-state index contributed by atoms with van der Waals surface area (Å²) in [5, 5.41) is 7.58. The van der Waals surface area contributed by atoms with E-state index in [1.165, 1.54) is 6.21 Å². The van der Waals surface area contributed by atoms with Crippen LogP contribution >= 0.6 is 0 Å². The van der Waals surface area contributed by atoms with Gasteiger partial charge in [-0.3, -0.25) is 4.79 Å². The zero-order valence-corrected chi connectivity index (χ0v) is 11.8. The van der Waals surface area contributed by atoms with E-state index >= 15 is 0 Å². The van der Waals surface area contributed by atoms with E-state index in [2.05, 4.69) is 13.2 Å². The number of hydrogen-bond donors (Lipinski definition) is 2. The Labute approximate surface area is 124 Å². The summed E-state index contributed by atoms with van der Waals surface area (Å²) in [7, 11) is 0.